The molecule has 4 nitrogen and oxygen atoms in total. The van der Waals surface area contributed by atoms with Gasteiger partial charge in [-0.2, -0.15) is 0 Å². The molecule has 0 radical (unpaired) electrons. The van der Waals surface area contributed by atoms with Crippen LogP contribution in [0, 0.1) is 0 Å². The Labute approximate surface area is 152 Å². The fourth-order valence-electron chi connectivity index (χ4n) is 4.51. The summed E-state index contributed by atoms with van der Waals surface area (Å²) in [6, 6.07) is 10.5. The van der Waals surface area contributed by atoms with Crippen LogP contribution >= 0.6 is 0 Å². The molecule has 3 heterocycles. The van der Waals surface area contributed by atoms with Crippen molar-refractivity contribution >= 4 is 0 Å². The quantitative estimate of drug-likeness (QED) is 0.640. The number of phenolic OH excluding ortho intramolecular Hbond substituents is 1. The van der Waals surface area contributed by atoms with Gasteiger partial charge in [-0.25, -0.2) is 0 Å². The maximum Gasteiger partial charge on any atom is 0.231 e. The Bertz CT molecular complexity index is 822. The molecule has 2 unspecified atom stereocenters. The standard InChI is InChI=1S/C19H19NO3.BrH/c1-20-7-6-12-2-4-14(21)9-15(12)17(20)8-13-3-5-18-19(16(13)10-20)23-11-22-18;/h2-5,9,17H,6-8,10-11H2,1H3;1H. The van der Waals surface area contributed by atoms with Crippen LogP contribution in [0.1, 0.15) is 28.3 Å². The lowest BCUT2D eigenvalue weighted by molar-refractivity contribution is -0.956. The van der Waals surface area contributed by atoms with Crippen molar-refractivity contribution < 1.29 is 36.0 Å². The Morgan fingerprint density at radius 2 is 1.96 bits per heavy atom. The Balaban J connectivity index is 0.00000146. The number of phenols is 1. The van der Waals surface area contributed by atoms with E-state index in [2.05, 4.69) is 19.2 Å². The number of quaternary nitrogens is 1. The van der Waals surface area contributed by atoms with Crippen molar-refractivity contribution in [3.8, 4) is 17.2 Å². The van der Waals surface area contributed by atoms with E-state index in [0.717, 1.165) is 41.9 Å². The highest BCUT2D eigenvalue weighted by molar-refractivity contribution is 5.53. The molecular formula is C19H20BrNO3. The molecule has 3 aliphatic heterocycles. The van der Waals surface area contributed by atoms with Crippen molar-refractivity contribution in [3.05, 3.63) is 52.6 Å². The SMILES string of the molecule is C[N+]12CCc3ccc(O)cc3C1Cc1ccc3c(c1C2)OCO3.[Br-]. The van der Waals surface area contributed by atoms with Crippen LogP contribution in [0.2, 0.25) is 0 Å². The lowest BCUT2D eigenvalue weighted by Crippen LogP contribution is -3.00. The van der Waals surface area contributed by atoms with Crippen LogP contribution in [0.3, 0.4) is 0 Å². The summed E-state index contributed by atoms with van der Waals surface area (Å²) in [7, 11) is 2.33. The molecule has 5 rings (SSSR count). The van der Waals surface area contributed by atoms with Crippen molar-refractivity contribution in [2.24, 2.45) is 0 Å². The number of fused-ring (bicyclic) bond motifs is 6. The molecule has 0 spiro atoms. The minimum Gasteiger partial charge on any atom is -1.00 e. The van der Waals surface area contributed by atoms with Crippen LogP contribution in [-0.2, 0) is 19.4 Å². The maximum absolute atomic E-state index is 9.94. The summed E-state index contributed by atoms with van der Waals surface area (Å²) in [5.74, 6) is 2.19. The fraction of sp³-hybridized carbons (Fsp3) is 0.368. The molecule has 0 fully saturated rings. The zero-order chi connectivity index (χ0) is 15.6. The summed E-state index contributed by atoms with van der Waals surface area (Å²) >= 11 is 0. The third-order valence-electron chi connectivity index (χ3n) is 5.80. The minimum atomic E-state index is 0. The number of hydrogen-bond acceptors (Lipinski definition) is 3. The molecule has 0 amide bonds. The van der Waals surface area contributed by atoms with Gasteiger partial charge in [0, 0.05) is 18.4 Å². The van der Waals surface area contributed by atoms with Gasteiger partial charge in [-0.3, -0.25) is 0 Å². The lowest BCUT2D eigenvalue weighted by Gasteiger charge is -2.48. The first-order chi connectivity index (χ1) is 11.1. The van der Waals surface area contributed by atoms with Gasteiger partial charge in [-0.1, -0.05) is 12.1 Å². The molecule has 126 valence electrons. The molecule has 2 atom stereocenters. The smallest absolute Gasteiger partial charge is 0.231 e. The molecule has 24 heavy (non-hydrogen) atoms. The average molecular weight is 390 g/mol. The normalized spacial score (nSPS) is 26.0. The van der Waals surface area contributed by atoms with Crippen molar-refractivity contribution in [2.75, 3.05) is 20.4 Å². The highest BCUT2D eigenvalue weighted by Gasteiger charge is 2.44. The first-order valence-corrected chi connectivity index (χ1v) is 8.20. The molecule has 0 saturated heterocycles. The highest BCUT2D eigenvalue weighted by Crippen LogP contribution is 2.48. The molecule has 1 N–H and O–H groups in total. The van der Waals surface area contributed by atoms with Gasteiger partial charge >= 0.3 is 0 Å². The van der Waals surface area contributed by atoms with Crippen LogP contribution in [0.4, 0.5) is 0 Å². The van der Waals surface area contributed by atoms with Crippen LogP contribution in [-0.4, -0.2) is 30.0 Å². The molecule has 0 saturated carbocycles. The molecule has 5 heteroatoms. The summed E-state index contributed by atoms with van der Waals surface area (Å²) in [4.78, 5) is 0. The molecule has 0 bridgehead atoms. The van der Waals surface area contributed by atoms with Crippen LogP contribution in [0.25, 0.3) is 0 Å². The van der Waals surface area contributed by atoms with Gasteiger partial charge in [-0.05, 0) is 29.3 Å². The third-order valence-corrected chi connectivity index (χ3v) is 5.80. The third kappa shape index (κ3) is 2.15. The minimum absolute atomic E-state index is 0. The number of aromatic hydroxyl groups is 1. The van der Waals surface area contributed by atoms with Crippen LogP contribution in [0.15, 0.2) is 30.3 Å². The molecule has 0 aliphatic carbocycles. The van der Waals surface area contributed by atoms with Gasteiger partial charge in [0.2, 0.25) is 6.79 Å². The van der Waals surface area contributed by atoms with Crippen molar-refractivity contribution in [1.82, 2.24) is 0 Å². The number of likely N-dealkylation sites (N-methyl/N-ethyl adjacent to an activating group) is 1. The van der Waals surface area contributed by atoms with E-state index in [0.29, 0.717) is 18.6 Å². The van der Waals surface area contributed by atoms with Crippen LogP contribution < -0.4 is 26.5 Å². The van der Waals surface area contributed by atoms with Crippen molar-refractivity contribution in [1.29, 1.82) is 0 Å². The summed E-state index contributed by atoms with van der Waals surface area (Å²) in [5, 5.41) is 9.94. The number of hydrogen-bond donors (Lipinski definition) is 1. The van der Waals surface area contributed by atoms with E-state index in [-0.39, 0.29) is 17.0 Å². The molecular weight excluding hydrogens is 370 g/mol. The largest absolute Gasteiger partial charge is 1.00 e. The molecule has 0 aromatic heterocycles. The van der Waals surface area contributed by atoms with E-state index in [1.807, 2.05) is 18.2 Å². The maximum atomic E-state index is 9.94. The van der Waals surface area contributed by atoms with Gasteiger partial charge in [0.15, 0.2) is 11.5 Å². The predicted octanol–water partition coefficient (Wildman–Crippen LogP) is -0.0750. The topological polar surface area (TPSA) is 38.7 Å². The summed E-state index contributed by atoms with van der Waals surface area (Å²) in [6.07, 6.45) is 2.04. The van der Waals surface area contributed by atoms with Gasteiger partial charge < -0.3 is 36.0 Å². The van der Waals surface area contributed by atoms with Crippen LogP contribution in [0.5, 0.6) is 17.2 Å². The van der Waals surface area contributed by atoms with E-state index in [1.165, 1.54) is 22.3 Å². The summed E-state index contributed by atoms with van der Waals surface area (Å²) in [5.41, 5.74) is 5.35. The lowest BCUT2D eigenvalue weighted by atomic mass is 9.81. The Morgan fingerprint density at radius 3 is 2.83 bits per heavy atom. The Hall–Kier alpha value is -1.72. The zero-order valence-electron chi connectivity index (χ0n) is 13.6. The van der Waals surface area contributed by atoms with E-state index in [4.69, 9.17) is 9.47 Å². The van der Waals surface area contributed by atoms with E-state index in [9.17, 15) is 5.11 Å². The highest BCUT2D eigenvalue weighted by atomic mass is 79.9. The molecule has 3 aliphatic rings. The summed E-state index contributed by atoms with van der Waals surface area (Å²) in [6.45, 7) is 2.41. The predicted molar refractivity (Wildman–Crippen MR) is 85.6 cm³/mol. The average Bonchev–Trinajstić information content (AvgIpc) is 3.02. The number of nitrogens with zero attached hydrogens (tertiary/aromatic N) is 1. The monoisotopic (exact) mass is 389 g/mol. The van der Waals surface area contributed by atoms with Crippen molar-refractivity contribution in [3.63, 3.8) is 0 Å². The van der Waals surface area contributed by atoms with Gasteiger partial charge in [-0.15, -0.1) is 0 Å². The Morgan fingerprint density at radius 1 is 1.12 bits per heavy atom. The molecule has 2 aromatic rings. The summed E-state index contributed by atoms with van der Waals surface area (Å²) < 4.78 is 12.3. The Kier molecular flexibility index (Phi) is 3.55. The zero-order valence-corrected chi connectivity index (χ0v) is 15.2. The second-order valence-corrected chi connectivity index (χ2v) is 7.15. The second-order valence-electron chi connectivity index (χ2n) is 7.15. The van der Waals surface area contributed by atoms with Gasteiger partial charge in [0.25, 0.3) is 0 Å². The van der Waals surface area contributed by atoms with Crippen molar-refractivity contribution in [2.45, 2.75) is 25.4 Å². The first-order valence-electron chi connectivity index (χ1n) is 8.20. The number of rotatable bonds is 0. The van der Waals surface area contributed by atoms with E-state index < -0.39 is 0 Å². The van der Waals surface area contributed by atoms with E-state index in [1.54, 1.807) is 0 Å². The molecule has 2 aromatic carbocycles. The fourth-order valence-corrected chi connectivity index (χ4v) is 4.51. The number of ether oxygens (including phenoxy) is 2. The number of benzene rings is 2. The number of halogens is 1. The van der Waals surface area contributed by atoms with Gasteiger partial charge in [0.1, 0.15) is 18.3 Å². The second kappa shape index (κ2) is 5.39. The van der Waals surface area contributed by atoms with E-state index >= 15 is 0 Å². The van der Waals surface area contributed by atoms with Gasteiger partial charge in [0.05, 0.1) is 19.2 Å². The first kappa shape index (κ1) is 15.8.